The van der Waals surface area contributed by atoms with Crippen molar-refractivity contribution in [3.63, 3.8) is 0 Å². The van der Waals surface area contributed by atoms with Gasteiger partial charge in [0.1, 0.15) is 24.5 Å². The maximum absolute atomic E-state index is 13.6. The molecule has 1 fully saturated rings. The van der Waals surface area contributed by atoms with Crippen LogP contribution in [0.25, 0.3) is 0 Å². The highest BCUT2D eigenvalue weighted by Gasteiger charge is 2.32. The van der Waals surface area contributed by atoms with Crippen LogP contribution in [-0.2, 0) is 4.74 Å². The van der Waals surface area contributed by atoms with Crippen molar-refractivity contribution in [3.05, 3.63) is 35.7 Å². The number of nitrogens with zero attached hydrogens (tertiary/aromatic N) is 4. The molecule has 0 spiro atoms. The monoisotopic (exact) mass is 352 g/mol. The number of aliphatic hydroxyl groups excluding tert-OH is 1. The Hall–Kier alpha value is -2.59. The summed E-state index contributed by atoms with van der Waals surface area (Å²) in [6.45, 7) is 0.768. The van der Waals surface area contributed by atoms with Gasteiger partial charge in [-0.2, -0.15) is 0 Å². The highest BCUT2D eigenvalue weighted by Crippen LogP contribution is 2.34. The number of halogens is 2. The molecule has 1 N–H and O–H groups in total. The Kier molecular flexibility index (Phi) is 3.85. The van der Waals surface area contributed by atoms with Gasteiger partial charge in [0.25, 0.3) is 5.91 Å². The van der Waals surface area contributed by atoms with Crippen molar-refractivity contribution in [2.75, 3.05) is 31.3 Å². The number of carbonyl (C=O) groups is 1. The van der Waals surface area contributed by atoms with Gasteiger partial charge in [-0.25, -0.2) is 13.5 Å². The van der Waals surface area contributed by atoms with E-state index in [1.807, 2.05) is 0 Å². The van der Waals surface area contributed by atoms with Gasteiger partial charge in [0.2, 0.25) is 0 Å². The Morgan fingerprint density at radius 2 is 2.08 bits per heavy atom. The second kappa shape index (κ2) is 6.05. The van der Waals surface area contributed by atoms with E-state index >= 15 is 0 Å². The molecule has 10 heteroatoms. The van der Waals surface area contributed by atoms with Crippen LogP contribution in [0.4, 0.5) is 14.5 Å². The molecule has 4 rings (SSSR count). The molecule has 3 heterocycles. The molecule has 0 aliphatic carbocycles. The van der Waals surface area contributed by atoms with E-state index in [2.05, 4.69) is 10.3 Å². The number of aliphatic hydroxyl groups is 1. The molecular formula is C15H14F2N4O4. The zero-order valence-corrected chi connectivity index (χ0v) is 12.9. The standard InChI is InChI=1S/C15H14F2N4O4/c16-8-3-11-14(4-9(8)17)25-2-1-20(11)15(23)10-5-21(19-18-10)12-6-24-7-13(12)22/h3-5,12-13,22H,1-2,6-7H2/t12-,13-/m1/s1. The third-order valence-corrected chi connectivity index (χ3v) is 4.20. The van der Waals surface area contributed by atoms with Crippen LogP contribution in [-0.4, -0.2) is 58.5 Å². The van der Waals surface area contributed by atoms with Crippen molar-refractivity contribution in [3.8, 4) is 5.75 Å². The summed E-state index contributed by atoms with van der Waals surface area (Å²) >= 11 is 0. The maximum atomic E-state index is 13.6. The van der Waals surface area contributed by atoms with E-state index in [0.717, 1.165) is 12.1 Å². The van der Waals surface area contributed by atoms with E-state index in [0.29, 0.717) is 0 Å². The lowest BCUT2D eigenvalue weighted by atomic mass is 10.2. The smallest absolute Gasteiger partial charge is 0.280 e. The summed E-state index contributed by atoms with van der Waals surface area (Å²) in [5.74, 6) is -2.55. The number of fused-ring (bicyclic) bond motifs is 1. The Labute approximate surface area is 140 Å². The second-order valence-electron chi connectivity index (χ2n) is 5.80. The lowest BCUT2D eigenvalue weighted by Gasteiger charge is -2.28. The topological polar surface area (TPSA) is 89.7 Å². The number of anilines is 1. The fourth-order valence-corrected chi connectivity index (χ4v) is 2.88. The van der Waals surface area contributed by atoms with Crippen LogP contribution >= 0.6 is 0 Å². The molecule has 2 aliphatic heterocycles. The zero-order chi connectivity index (χ0) is 17.6. The van der Waals surface area contributed by atoms with Crippen molar-refractivity contribution >= 4 is 11.6 Å². The Balaban J connectivity index is 1.62. The first-order valence-corrected chi connectivity index (χ1v) is 7.66. The van der Waals surface area contributed by atoms with Gasteiger partial charge in [0.15, 0.2) is 17.3 Å². The molecular weight excluding hydrogens is 338 g/mol. The molecule has 1 aromatic carbocycles. The van der Waals surface area contributed by atoms with Gasteiger partial charge >= 0.3 is 0 Å². The van der Waals surface area contributed by atoms with Gasteiger partial charge in [-0.1, -0.05) is 5.21 Å². The van der Waals surface area contributed by atoms with E-state index in [4.69, 9.17) is 9.47 Å². The van der Waals surface area contributed by atoms with E-state index in [1.165, 1.54) is 15.8 Å². The van der Waals surface area contributed by atoms with Gasteiger partial charge < -0.3 is 14.6 Å². The van der Waals surface area contributed by atoms with Gasteiger partial charge in [-0.15, -0.1) is 5.10 Å². The summed E-state index contributed by atoms with van der Waals surface area (Å²) in [5, 5.41) is 17.5. The minimum Gasteiger partial charge on any atom is -0.489 e. The first-order chi connectivity index (χ1) is 12.0. The van der Waals surface area contributed by atoms with Gasteiger partial charge in [0, 0.05) is 12.1 Å². The van der Waals surface area contributed by atoms with Crippen LogP contribution in [0, 0.1) is 11.6 Å². The van der Waals surface area contributed by atoms with E-state index in [9.17, 15) is 18.7 Å². The zero-order valence-electron chi connectivity index (χ0n) is 12.9. The normalized spacial score (nSPS) is 22.6. The molecule has 8 nitrogen and oxygen atoms in total. The minimum atomic E-state index is -1.07. The third kappa shape index (κ3) is 2.72. The van der Waals surface area contributed by atoms with E-state index < -0.39 is 29.7 Å². The molecule has 0 saturated carbocycles. The summed E-state index contributed by atoms with van der Waals surface area (Å²) in [6, 6.07) is 1.41. The molecule has 0 radical (unpaired) electrons. The summed E-state index contributed by atoms with van der Waals surface area (Å²) in [7, 11) is 0. The summed E-state index contributed by atoms with van der Waals surface area (Å²) in [5.41, 5.74) is 0.158. The lowest BCUT2D eigenvalue weighted by molar-refractivity contribution is 0.0971. The largest absolute Gasteiger partial charge is 0.489 e. The summed E-state index contributed by atoms with van der Waals surface area (Å²) < 4.78 is 38.7. The molecule has 1 aromatic heterocycles. The van der Waals surface area contributed by atoms with Crippen molar-refractivity contribution in [1.29, 1.82) is 0 Å². The SMILES string of the molecule is O=C(c1cn([C@@H]2COC[C@H]2O)nn1)N1CCOc2cc(F)c(F)cc21. The number of ether oxygens (including phenoxy) is 2. The quantitative estimate of drug-likeness (QED) is 0.848. The maximum Gasteiger partial charge on any atom is 0.280 e. The second-order valence-corrected chi connectivity index (χ2v) is 5.80. The Bertz CT molecular complexity index is 828. The predicted molar refractivity (Wildman–Crippen MR) is 79.4 cm³/mol. The van der Waals surface area contributed by atoms with Crippen molar-refractivity contribution in [1.82, 2.24) is 15.0 Å². The van der Waals surface area contributed by atoms with Crippen LogP contribution < -0.4 is 9.64 Å². The molecule has 2 aliphatic rings. The van der Waals surface area contributed by atoms with E-state index in [-0.39, 0.29) is 43.5 Å². The Morgan fingerprint density at radius 1 is 1.28 bits per heavy atom. The molecule has 1 amide bonds. The lowest BCUT2D eigenvalue weighted by Crippen LogP contribution is -2.38. The average Bonchev–Trinajstić information content (AvgIpc) is 3.23. The molecule has 0 bridgehead atoms. The third-order valence-electron chi connectivity index (χ3n) is 4.20. The van der Waals surface area contributed by atoms with Crippen LogP contribution in [0.3, 0.4) is 0 Å². The Morgan fingerprint density at radius 3 is 2.84 bits per heavy atom. The van der Waals surface area contributed by atoms with Gasteiger partial charge in [0.05, 0.1) is 31.6 Å². The number of carbonyl (C=O) groups excluding carboxylic acids is 1. The van der Waals surface area contributed by atoms with Crippen molar-refractivity contribution in [2.24, 2.45) is 0 Å². The molecule has 2 aromatic rings. The predicted octanol–water partition coefficient (Wildman–Crippen LogP) is 0.528. The number of benzene rings is 1. The van der Waals surface area contributed by atoms with Gasteiger partial charge in [-0.3, -0.25) is 9.69 Å². The number of hydrogen-bond acceptors (Lipinski definition) is 6. The first-order valence-electron chi connectivity index (χ1n) is 7.66. The fraction of sp³-hybridized carbons (Fsp3) is 0.400. The average molecular weight is 352 g/mol. The van der Waals surface area contributed by atoms with Crippen LogP contribution in [0.5, 0.6) is 5.75 Å². The molecule has 25 heavy (non-hydrogen) atoms. The summed E-state index contributed by atoms with van der Waals surface area (Å²) in [4.78, 5) is 14.0. The van der Waals surface area contributed by atoms with Crippen LogP contribution in [0.15, 0.2) is 18.3 Å². The fourth-order valence-electron chi connectivity index (χ4n) is 2.88. The molecule has 132 valence electrons. The number of amides is 1. The highest BCUT2D eigenvalue weighted by molar-refractivity contribution is 6.05. The molecule has 1 saturated heterocycles. The number of hydrogen-bond donors (Lipinski definition) is 1. The summed E-state index contributed by atoms with van der Waals surface area (Å²) in [6.07, 6.45) is 0.672. The van der Waals surface area contributed by atoms with E-state index in [1.54, 1.807) is 0 Å². The number of aromatic nitrogens is 3. The van der Waals surface area contributed by atoms with Crippen LogP contribution in [0.1, 0.15) is 16.5 Å². The molecule has 0 unspecified atom stereocenters. The first kappa shape index (κ1) is 15.9. The highest BCUT2D eigenvalue weighted by atomic mass is 19.2. The number of rotatable bonds is 2. The van der Waals surface area contributed by atoms with Gasteiger partial charge in [-0.05, 0) is 0 Å². The minimum absolute atomic E-state index is 0.0247. The van der Waals surface area contributed by atoms with Crippen LogP contribution in [0.2, 0.25) is 0 Å². The van der Waals surface area contributed by atoms with Crippen molar-refractivity contribution in [2.45, 2.75) is 12.1 Å². The molecule has 2 atom stereocenters. The van der Waals surface area contributed by atoms with Crippen molar-refractivity contribution < 1.29 is 28.2 Å².